The molecule has 13 aromatic rings. The second kappa shape index (κ2) is 14.2. The number of hydrogen-bond donors (Lipinski definition) is 0. The van der Waals surface area contributed by atoms with Crippen molar-refractivity contribution >= 4 is 98.5 Å². The van der Waals surface area contributed by atoms with Crippen molar-refractivity contribution < 1.29 is 8.83 Å². The van der Waals surface area contributed by atoms with Gasteiger partial charge in [0.1, 0.15) is 22.5 Å². The molecule has 0 aliphatic heterocycles. The van der Waals surface area contributed by atoms with Crippen LogP contribution in [0.2, 0.25) is 0 Å². The number of nitrogens with zero attached hydrogens (tertiary/aromatic N) is 2. The van der Waals surface area contributed by atoms with Gasteiger partial charge in [0.2, 0.25) is 0 Å². The third-order valence-corrected chi connectivity index (χ3v) is 15.6. The summed E-state index contributed by atoms with van der Waals surface area (Å²) in [5, 5.41) is 5.86. The minimum atomic E-state index is -0.714. The van der Waals surface area contributed by atoms with Crippen LogP contribution in [0.4, 0.5) is 34.1 Å². The zero-order chi connectivity index (χ0) is 44.5. The van der Waals surface area contributed by atoms with Crippen molar-refractivity contribution in [1.29, 1.82) is 0 Å². The molecular weight excluding hydrogens is 849 g/mol. The summed E-state index contributed by atoms with van der Waals surface area (Å²) in [6.07, 6.45) is 0. The number of fused-ring (bicyclic) bond motifs is 18. The Labute approximate surface area is 395 Å². The molecule has 318 valence electrons. The van der Waals surface area contributed by atoms with Gasteiger partial charge in [-0.2, -0.15) is 0 Å². The van der Waals surface area contributed by atoms with Gasteiger partial charge in [-0.3, -0.25) is 0 Å². The second-order valence-electron chi connectivity index (χ2n) is 17.9. The van der Waals surface area contributed by atoms with Crippen LogP contribution >= 0.6 is 11.3 Å². The molecule has 10 aromatic carbocycles. The van der Waals surface area contributed by atoms with Gasteiger partial charge in [0.05, 0.1) is 21.5 Å². The van der Waals surface area contributed by atoms with E-state index in [2.05, 4.69) is 228 Å². The lowest BCUT2D eigenvalue weighted by Gasteiger charge is -2.32. The molecule has 5 heteroatoms. The van der Waals surface area contributed by atoms with E-state index in [1.54, 1.807) is 0 Å². The van der Waals surface area contributed by atoms with Crippen LogP contribution in [0.25, 0.3) is 75.5 Å². The molecule has 0 fully saturated rings. The Balaban J connectivity index is 1.02. The summed E-state index contributed by atoms with van der Waals surface area (Å²) >= 11 is 1.87. The van der Waals surface area contributed by atoms with Crippen LogP contribution in [0.3, 0.4) is 0 Å². The molecule has 0 bridgehead atoms. The smallest absolute Gasteiger partial charge is 0.140 e. The summed E-state index contributed by atoms with van der Waals surface area (Å²) in [4.78, 5) is 4.88. The van der Waals surface area contributed by atoms with E-state index in [-0.39, 0.29) is 0 Å². The van der Waals surface area contributed by atoms with Gasteiger partial charge in [-0.15, -0.1) is 11.3 Å². The highest BCUT2D eigenvalue weighted by Crippen LogP contribution is 2.67. The fourth-order valence-corrected chi connectivity index (χ4v) is 13.0. The standard InChI is InChI=1S/C63H38N2O2S/c1-3-17-39(18-4-1)64(41-34-36-57-49(37-41)43-21-8-12-30-55(43)66-57)42-33-35-47-52(38-42)63(60-48-24-9-13-31-56(48)67-61(47)60)50-26-11-7-23-46(50)59-51(63)27-16-28-53(59)65(40-19-5-2-6-20-40)54-29-15-25-45-44-22-10-14-32-58(44)68-62(45)54/h1-38H. The molecule has 2 aliphatic rings. The van der Waals surface area contributed by atoms with Gasteiger partial charge in [-0.1, -0.05) is 140 Å². The Morgan fingerprint density at radius 2 is 0.956 bits per heavy atom. The first-order chi connectivity index (χ1) is 33.7. The molecule has 0 saturated carbocycles. The van der Waals surface area contributed by atoms with E-state index < -0.39 is 5.41 Å². The Morgan fingerprint density at radius 3 is 1.79 bits per heavy atom. The van der Waals surface area contributed by atoms with Gasteiger partial charge in [0, 0.05) is 71.1 Å². The molecule has 2 aliphatic carbocycles. The summed E-state index contributed by atoms with van der Waals surface area (Å²) in [6.45, 7) is 0. The molecule has 3 heterocycles. The zero-order valence-corrected chi connectivity index (χ0v) is 37.4. The average Bonchev–Trinajstić information content (AvgIpc) is 4.20. The predicted molar refractivity (Wildman–Crippen MR) is 282 cm³/mol. The predicted octanol–water partition coefficient (Wildman–Crippen LogP) is 18.0. The van der Waals surface area contributed by atoms with Crippen LogP contribution < -0.4 is 9.80 Å². The fraction of sp³-hybridized carbons (Fsp3) is 0.0159. The molecule has 0 amide bonds. The third-order valence-electron chi connectivity index (χ3n) is 14.4. The number of benzene rings is 10. The molecule has 68 heavy (non-hydrogen) atoms. The fourth-order valence-electron chi connectivity index (χ4n) is 11.7. The first kappa shape index (κ1) is 37.6. The lowest BCUT2D eigenvalue weighted by Crippen LogP contribution is -2.26. The third kappa shape index (κ3) is 5.08. The summed E-state index contributed by atoms with van der Waals surface area (Å²) in [6, 6.07) is 83.7. The maximum absolute atomic E-state index is 7.06. The van der Waals surface area contributed by atoms with Crippen LogP contribution in [-0.2, 0) is 5.41 Å². The molecular formula is C63H38N2O2S. The highest BCUT2D eigenvalue weighted by Gasteiger charge is 2.55. The molecule has 0 saturated heterocycles. The van der Waals surface area contributed by atoms with Crippen molar-refractivity contribution in [2.45, 2.75) is 5.41 Å². The maximum atomic E-state index is 7.06. The molecule has 0 N–H and O–H groups in total. The van der Waals surface area contributed by atoms with Gasteiger partial charge >= 0.3 is 0 Å². The van der Waals surface area contributed by atoms with E-state index in [1.165, 1.54) is 53.6 Å². The van der Waals surface area contributed by atoms with Gasteiger partial charge in [0.25, 0.3) is 0 Å². The Morgan fingerprint density at radius 1 is 0.353 bits per heavy atom. The normalized spacial score (nSPS) is 14.5. The highest BCUT2D eigenvalue weighted by atomic mass is 32.1. The topological polar surface area (TPSA) is 32.8 Å². The van der Waals surface area contributed by atoms with Crippen molar-refractivity contribution in [3.8, 4) is 22.5 Å². The molecule has 15 rings (SSSR count). The van der Waals surface area contributed by atoms with E-state index >= 15 is 0 Å². The minimum absolute atomic E-state index is 0.714. The molecule has 3 aromatic heterocycles. The Bertz CT molecular complexity index is 4180. The van der Waals surface area contributed by atoms with Gasteiger partial charge in [-0.25, -0.2) is 0 Å². The molecule has 1 atom stereocenters. The SMILES string of the molecule is c1ccc(N(c2ccc3c(c2)C2(c4ccccc4-c4c(N(c5ccccc5)c5cccc6c5sc5ccccc56)cccc42)c2c-3oc3ccccc23)c2ccc3oc4ccccc4c3c2)cc1. The highest BCUT2D eigenvalue weighted by molar-refractivity contribution is 7.26. The summed E-state index contributed by atoms with van der Waals surface area (Å²) in [7, 11) is 0. The number of anilines is 6. The van der Waals surface area contributed by atoms with Crippen molar-refractivity contribution in [2.24, 2.45) is 0 Å². The van der Waals surface area contributed by atoms with E-state index in [1.807, 2.05) is 23.5 Å². The summed E-state index contributed by atoms with van der Waals surface area (Å²) in [5.41, 5.74) is 16.9. The maximum Gasteiger partial charge on any atom is 0.140 e. The van der Waals surface area contributed by atoms with E-state index in [0.717, 1.165) is 78.4 Å². The molecule has 1 spiro atoms. The van der Waals surface area contributed by atoms with Crippen molar-refractivity contribution in [3.63, 3.8) is 0 Å². The van der Waals surface area contributed by atoms with Crippen LogP contribution in [-0.4, -0.2) is 0 Å². The molecule has 4 nitrogen and oxygen atoms in total. The van der Waals surface area contributed by atoms with Gasteiger partial charge in [-0.05, 0) is 113 Å². The van der Waals surface area contributed by atoms with Crippen LogP contribution in [0, 0.1) is 0 Å². The Kier molecular flexibility index (Phi) is 7.83. The minimum Gasteiger partial charge on any atom is -0.456 e. The Hall–Kier alpha value is -8.64. The number of hydrogen-bond acceptors (Lipinski definition) is 5. The van der Waals surface area contributed by atoms with E-state index in [9.17, 15) is 0 Å². The van der Waals surface area contributed by atoms with E-state index in [0.29, 0.717) is 0 Å². The largest absolute Gasteiger partial charge is 0.456 e. The van der Waals surface area contributed by atoms with Crippen molar-refractivity contribution in [3.05, 3.63) is 253 Å². The van der Waals surface area contributed by atoms with Crippen LogP contribution in [0.15, 0.2) is 239 Å². The molecule has 1 unspecified atom stereocenters. The average molecular weight is 887 g/mol. The number of thiophene rings is 1. The van der Waals surface area contributed by atoms with Gasteiger partial charge in [0.15, 0.2) is 0 Å². The summed E-state index contributed by atoms with van der Waals surface area (Å²) in [5.74, 6) is 0.924. The summed E-state index contributed by atoms with van der Waals surface area (Å²) < 4.78 is 15.9. The van der Waals surface area contributed by atoms with Crippen LogP contribution in [0.5, 0.6) is 0 Å². The quantitative estimate of drug-likeness (QED) is 0.167. The monoisotopic (exact) mass is 886 g/mol. The number of rotatable bonds is 6. The first-order valence-electron chi connectivity index (χ1n) is 23.2. The lowest BCUT2D eigenvalue weighted by molar-refractivity contribution is 0.628. The van der Waals surface area contributed by atoms with Gasteiger partial charge < -0.3 is 18.6 Å². The van der Waals surface area contributed by atoms with Crippen LogP contribution in [0.1, 0.15) is 22.3 Å². The molecule has 0 radical (unpaired) electrons. The zero-order valence-electron chi connectivity index (χ0n) is 36.6. The van der Waals surface area contributed by atoms with Crippen molar-refractivity contribution in [1.82, 2.24) is 0 Å². The lowest BCUT2D eigenvalue weighted by atomic mass is 9.70. The first-order valence-corrected chi connectivity index (χ1v) is 24.0. The number of para-hydroxylation sites is 4. The number of furan rings is 2. The van der Waals surface area contributed by atoms with E-state index in [4.69, 9.17) is 8.83 Å². The van der Waals surface area contributed by atoms with Crippen molar-refractivity contribution in [2.75, 3.05) is 9.80 Å². The second-order valence-corrected chi connectivity index (χ2v) is 19.0.